The highest BCUT2D eigenvalue weighted by Crippen LogP contribution is 2.42. The zero-order valence-corrected chi connectivity index (χ0v) is 32.6. The van der Waals surface area contributed by atoms with Crippen LogP contribution in [0, 0.1) is 18.1 Å². The molecule has 1 aliphatic rings. The standard InChI is InChI=1S/C53H47N3/c1-4-5-9-25-46-50(41-31-32-45-44-24-16-17-26-48(44)56(49(45)35-41)43-22-14-8-15-23-43)42(33-36(2)3)34-47-51(39-20-12-7-13-21-39)54-53(55-52(46)47)40-29-27-38(28-30-40)37-18-10-6-11-19-37/h6-8,10,12-18,20-24,26-29,31-32,34-36,40H,4-5,9,25,30,33H2,1-3H3. The van der Waals surface area contributed by atoms with Crippen molar-refractivity contribution in [1.82, 2.24) is 14.5 Å². The van der Waals surface area contributed by atoms with E-state index in [0.29, 0.717) is 5.92 Å². The number of unbranched alkanes of at least 4 members (excludes halogenated alkanes) is 2. The van der Waals surface area contributed by atoms with Crippen LogP contribution in [0.1, 0.15) is 74.9 Å². The summed E-state index contributed by atoms with van der Waals surface area (Å²) in [5.74, 6) is 1.42. The molecule has 0 fully saturated rings. The van der Waals surface area contributed by atoms with Gasteiger partial charge in [-0.05, 0) is 102 Å². The largest absolute Gasteiger partial charge is 0.309 e. The molecule has 274 valence electrons. The number of nitrogens with zero attached hydrogens (tertiary/aromatic N) is 3. The van der Waals surface area contributed by atoms with Crippen molar-refractivity contribution in [3.05, 3.63) is 180 Å². The van der Waals surface area contributed by atoms with Crippen LogP contribution >= 0.6 is 0 Å². The Hall–Kier alpha value is -6.24. The van der Waals surface area contributed by atoms with Gasteiger partial charge in [0.1, 0.15) is 5.82 Å². The lowest BCUT2D eigenvalue weighted by Gasteiger charge is -2.23. The maximum atomic E-state index is 5.62. The first kappa shape index (κ1) is 35.5. The van der Waals surface area contributed by atoms with Crippen molar-refractivity contribution in [2.45, 2.75) is 65.2 Å². The number of fused-ring (bicyclic) bond motifs is 4. The fraction of sp³-hybridized carbons (Fsp3) is 0.208. The molecule has 0 bridgehead atoms. The lowest BCUT2D eigenvalue weighted by Crippen LogP contribution is -2.09. The fourth-order valence-corrected chi connectivity index (χ4v) is 8.66. The second-order valence-corrected chi connectivity index (χ2v) is 15.6. The Morgan fingerprint density at radius 3 is 2.29 bits per heavy atom. The number of aromatic nitrogens is 3. The quantitative estimate of drug-likeness (QED) is 0.124. The SMILES string of the molecule is CCCCCc1c(-c2ccc3c4ccccc4n(-c4ccccc4)c3c2)c(CC(C)C)cc2c(-c3ccccc3)nc(C3C=CC(c4c#cccc4)=CC3)nc12. The summed E-state index contributed by atoms with van der Waals surface area (Å²) < 4.78 is 2.43. The number of rotatable bonds is 11. The van der Waals surface area contributed by atoms with E-state index in [-0.39, 0.29) is 5.92 Å². The molecule has 1 aliphatic carbocycles. The van der Waals surface area contributed by atoms with Crippen LogP contribution in [0.3, 0.4) is 0 Å². The van der Waals surface area contributed by atoms with Crippen molar-refractivity contribution in [1.29, 1.82) is 0 Å². The first-order valence-electron chi connectivity index (χ1n) is 20.3. The number of aryl methyl sites for hydroxylation is 1. The second-order valence-electron chi connectivity index (χ2n) is 15.6. The molecule has 6 aromatic carbocycles. The minimum Gasteiger partial charge on any atom is -0.309 e. The molecule has 8 aromatic rings. The molecule has 9 rings (SSSR count). The molecule has 2 heterocycles. The van der Waals surface area contributed by atoms with Gasteiger partial charge in [0.15, 0.2) is 0 Å². The fourth-order valence-electron chi connectivity index (χ4n) is 8.66. The summed E-state index contributed by atoms with van der Waals surface area (Å²) in [5.41, 5.74) is 14.4. The third-order valence-electron chi connectivity index (χ3n) is 11.3. The predicted molar refractivity (Wildman–Crippen MR) is 235 cm³/mol. The highest BCUT2D eigenvalue weighted by Gasteiger charge is 2.24. The lowest BCUT2D eigenvalue weighted by atomic mass is 9.84. The first-order chi connectivity index (χ1) is 27.6. The molecule has 1 unspecified atom stereocenters. The molecular formula is C53H47N3. The number of para-hydroxylation sites is 2. The van der Waals surface area contributed by atoms with Gasteiger partial charge < -0.3 is 4.57 Å². The lowest BCUT2D eigenvalue weighted by molar-refractivity contribution is 0.647. The van der Waals surface area contributed by atoms with E-state index in [0.717, 1.165) is 65.7 Å². The smallest absolute Gasteiger partial charge is 0.136 e. The summed E-state index contributed by atoms with van der Waals surface area (Å²) >= 11 is 0. The Balaban J connectivity index is 1.30. The Labute approximate surface area is 331 Å². The van der Waals surface area contributed by atoms with Gasteiger partial charge in [0.2, 0.25) is 0 Å². The van der Waals surface area contributed by atoms with E-state index in [9.17, 15) is 0 Å². The topological polar surface area (TPSA) is 30.7 Å². The Morgan fingerprint density at radius 2 is 1.54 bits per heavy atom. The van der Waals surface area contributed by atoms with Crippen LogP contribution in [0.15, 0.2) is 146 Å². The predicted octanol–water partition coefficient (Wildman–Crippen LogP) is 13.7. The molecule has 0 aliphatic heterocycles. The van der Waals surface area contributed by atoms with Crippen molar-refractivity contribution in [2.75, 3.05) is 0 Å². The molecule has 0 amide bonds. The van der Waals surface area contributed by atoms with E-state index in [1.165, 1.54) is 61.7 Å². The van der Waals surface area contributed by atoms with Crippen molar-refractivity contribution in [3.8, 4) is 28.1 Å². The second kappa shape index (κ2) is 15.5. The van der Waals surface area contributed by atoms with Crippen LogP contribution in [0.2, 0.25) is 0 Å². The molecule has 0 spiro atoms. The van der Waals surface area contributed by atoms with Crippen LogP contribution in [-0.4, -0.2) is 14.5 Å². The third kappa shape index (κ3) is 6.71. The van der Waals surface area contributed by atoms with Crippen LogP contribution in [-0.2, 0) is 12.8 Å². The Kier molecular flexibility index (Phi) is 9.80. The molecule has 2 aromatic heterocycles. The normalized spacial score (nSPS) is 14.1. The van der Waals surface area contributed by atoms with Crippen LogP contribution in [0.5, 0.6) is 0 Å². The van der Waals surface area contributed by atoms with Gasteiger partial charge in [-0.15, -0.1) is 0 Å². The molecule has 0 saturated carbocycles. The van der Waals surface area contributed by atoms with E-state index in [2.05, 4.69) is 171 Å². The van der Waals surface area contributed by atoms with Gasteiger partial charge in [0.25, 0.3) is 0 Å². The number of hydrogen-bond acceptors (Lipinski definition) is 2. The van der Waals surface area contributed by atoms with Crippen LogP contribution in [0.4, 0.5) is 0 Å². The monoisotopic (exact) mass is 725 g/mol. The third-order valence-corrected chi connectivity index (χ3v) is 11.3. The Bertz CT molecular complexity index is 2720. The molecule has 0 radical (unpaired) electrons. The minimum atomic E-state index is 0.0681. The van der Waals surface area contributed by atoms with Gasteiger partial charge in [0, 0.05) is 38.9 Å². The summed E-state index contributed by atoms with van der Waals surface area (Å²) in [6.45, 7) is 6.96. The summed E-state index contributed by atoms with van der Waals surface area (Å²) in [6.07, 6.45) is 13.0. The maximum Gasteiger partial charge on any atom is 0.136 e. The van der Waals surface area contributed by atoms with E-state index >= 15 is 0 Å². The number of hydrogen-bond donors (Lipinski definition) is 0. The zero-order chi connectivity index (χ0) is 38.0. The number of allylic oxidation sites excluding steroid dienone is 4. The van der Waals surface area contributed by atoms with Crippen LogP contribution < -0.4 is 0 Å². The van der Waals surface area contributed by atoms with E-state index < -0.39 is 0 Å². The zero-order valence-electron chi connectivity index (χ0n) is 32.6. The highest BCUT2D eigenvalue weighted by atomic mass is 15.0. The van der Waals surface area contributed by atoms with Gasteiger partial charge in [-0.2, -0.15) is 0 Å². The average molecular weight is 726 g/mol. The maximum absolute atomic E-state index is 5.62. The summed E-state index contributed by atoms with van der Waals surface area (Å²) in [7, 11) is 0. The van der Waals surface area contributed by atoms with Crippen molar-refractivity contribution >= 4 is 38.3 Å². The summed E-state index contributed by atoms with van der Waals surface area (Å²) in [6, 6.07) is 52.3. The van der Waals surface area contributed by atoms with Gasteiger partial charge in [-0.25, -0.2) is 9.97 Å². The molecule has 56 heavy (non-hydrogen) atoms. The van der Waals surface area contributed by atoms with Crippen molar-refractivity contribution < 1.29 is 0 Å². The first-order valence-corrected chi connectivity index (χ1v) is 20.3. The highest BCUT2D eigenvalue weighted by molar-refractivity contribution is 6.10. The summed E-state index contributed by atoms with van der Waals surface area (Å²) in [5, 5.41) is 3.69. The van der Waals surface area contributed by atoms with Gasteiger partial charge in [-0.3, -0.25) is 0 Å². The van der Waals surface area contributed by atoms with Gasteiger partial charge >= 0.3 is 0 Å². The molecule has 1 atom stereocenters. The minimum absolute atomic E-state index is 0.0681. The van der Waals surface area contributed by atoms with E-state index in [1.54, 1.807) is 0 Å². The van der Waals surface area contributed by atoms with Crippen molar-refractivity contribution in [2.24, 2.45) is 5.92 Å². The molecule has 3 nitrogen and oxygen atoms in total. The average Bonchev–Trinajstić information content (AvgIpc) is 3.58. The number of benzene rings is 5. The molecule has 0 saturated heterocycles. The van der Waals surface area contributed by atoms with Crippen molar-refractivity contribution in [3.63, 3.8) is 0 Å². The van der Waals surface area contributed by atoms with Gasteiger partial charge in [-0.1, -0.05) is 149 Å². The summed E-state index contributed by atoms with van der Waals surface area (Å²) in [4.78, 5) is 11.1. The molecule has 3 heteroatoms. The van der Waals surface area contributed by atoms with E-state index in [1.807, 2.05) is 12.1 Å². The molecule has 0 N–H and O–H groups in total. The molecular weight excluding hydrogens is 679 g/mol. The van der Waals surface area contributed by atoms with E-state index in [4.69, 9.17) is 9.97 Å². The van der Waals surface area contributed by atoms with Crippen LogP contribution in [0.25, 0.3) is 66.4 Å². The van der Waals surface area contributed by atoms with Gasteiger partial charge in [0.05, 0.1) is 22.2 Å². The Morgan fingerprint density at radius 1 is 0.750 bits per heavy atom.